The summed E-state index contributed by atoms with van der Waals surface area (Å²) < 4.78 is 1.97. The molecule has 0 aliphatic heterocycles. The number of nitriles is 1. The second-order valence-corrected chi connectivity index (χ2v) is 6.68. The zero-order chi connectivity index (χ0) is 20.1. The predicted molar refractivity (Wildman–Crippen MR) is 108 cm³/mol. The van der Waals surface area contributed by atoms with Crippen molar-refractivity contribution < 1.29 is 4.79 Å². The van der Waals surface area contributed by atoms with Crippen molar-refractivity contribution >= 4 is 28.1 Å². The van der Waals surface area contributed by atoms with E-state index in [0.717, 1.165) is 14.7 Å². The summed E-state index contributed by atoms with van der Waals surface area (Å²) in [5.41, 5.74) is 3.07. The summed E-state index contributed by atoms with van der Waals surface area (Å²) in [7, 11) is 0. The first-order chi connectivity index (χ1) is 13.5. The highest BCUT2D eigenvalue weighted by Crippen LogP contribution is 2.11. The Morgan fingerprint density at radius 3 is 2.54 bits per heavy atom. The highest BCUT2D eigenvalue weighted by molar-refractivity contribution is 9.10. The van der Waals surface area contributed by atoms with Crippen LogP contribution >= 0.6 is 15.9 Å². The van der Waals surface area contributed by atoms with E-state index >= 15 is 0 Å². The molecule has 0 spiro atoms. The molecule has 0 saturated carbocycles. The average Bonchev–Trinajstić information content (AvgIpc) is 2.70. The zero-order valence-corrected chi connectivity index (χ0v) is 16.3. The lowest BCUT2D eigenvalue weighted by atomic mass is 10.1. The summed E-state index contributed by atoms with van der Waals surface area (Å²) in [5.74, 6) is -0.618. The Morgan fingerprint density at radius 2 is 1.89 bits per heavy atom. The van der Waals surface area contributed by atoms with Crippen LogP contribution in [-0.2, 0) is 0 Å². The number of nitrogens with one attached hydrogen (secondary N) is 1. The first-order valence-electron chi connectivity index (χ1n) is 8.19. The van der Waals surface area contributed by atoms with Gasteiger partial charge in [0.05, 0.1) is 11.9 Å². The van der Waals surface area contributed by atoms with Crippen LogP contribution in [0.1, 0.15) is 27.2 Å². The SMILES string of the molecule is Cc1c(C(=O)N/N=C/c2ccc(Br)cc2)nn(-c2ccccc2)c(=O)c1C#N. The van der Waals surface area contributed by atoms with Crippen LogP contribution in [0.5, 0.6) is 0 Å². The Kier molecular flexibility index (Phi) is 5.77. The topological polar surface area (TPSA) is 100 Å². The lowest BCUT2D eigenvalue weighted by Crippen LogP contribution is -2.31. The van der Waals surface area contributed by atoms with Crippen LogP contribution < -0.4 is 11.0 Å². The molecule has 0 fully saturated rings. The number of amides is 1. The molecule has 1 aromatic heterocycles. The van der Waals surface area contributed by atoms with E-state index in [-0.39, 0.29) is 16.8 Å². The van der Waals surface area contributed by atoms with Crippen LogP contribution in [-0.4, -0.2) is 21.9 Å². The lowest BCUT2D eigenvalue weighted by molar-refractivity contribution is 0.0947. The normalized spacial score (nSPS) is 10.6. The number of nitrogens with zero attached hydrogens (tertiary/aromatic N) is 4. The lowest BCUT2D eigenvalue weighted by Gasteiger charge is -2.10. The maximum atomic E-state index is 12.6. The molecule has 3 aromatic rings. The number of hydrogen-bond acceptors (Lipinski definition) is 5. The van der Waals surface area contributed by atoms with Crippen molar-refractivity contribution in [3.05, 3.63) is 91.8 Å². The van der Waals surface area contributed by atoms with E-state index in [1.807, 2.05) is 30.3 Å². The van der Waals surface area contributed by atoms with Gasteiger partial charge in [-0.1, -0.05) is 46.3 Å². The summed E-state index contributed by atoms with van der Waals surface area (Å²) in [5, 5.41) is 17.4. The monoisotopic (exact) mass is 435 g/mol. The molecule has 0 bridgehead atoms. The molecule has 0 aliphatic rings. The standard InChI is InChI=1S/C20H14BrN5O2/c1-13-17(11-22)20(28)26(16-5-3-2-4-6-16)25-18(13)19(27)24-23-12-14-7-9-15(21)10-8-14/h2-10,12H,1H3,(H,24,27)/b23-12+. The zero-order valence-electron chi connectivity index (χ0n) is 14.8. The summed E-state index contributed by atoms with van der Waals surface area (Å²) in [6, 6.07) is 17.8. The summed E-state index contributed by atoms with van der Waals surface area (Å²) in [4.78, 5) is 25.1. The van der Waals surface area contributed by atoms with E-state index in [0.29, 0.717) is 5.69 Å². The van der Waals surface area contributed by atoms with Gasteiger partial charge in [0.1, 0.15) is 11.6 Å². The van der Waals surface area contributed by atoms with Crippen molar-refractivity contribution in [1.29, 1.82) is 5.26 Å². The third kappa shape index (κ3) is 4.05. The third-order valence-electron chi connectivity index (χ3n) is 3.91. The minimum atomic E-state index is -0.618. The second kappa shape index (κ2) is 8.41. The van der Waals surface area contributed by atoms with E-state index in [4.69, 9.17) is 0 Å². The van der Waals surface area contributed by atoms with Crippen LogP contribution in [0, 0.1) is 18.3 Å². The number of halogens is 1. The molecule has 2 aromatic carbocycles. The second-order valence-electron chi connectivity index (χ2n) is 5.76. The minimum absolute atomic E-state index is 0.0482. The van der Waals surface area contributed by atoms with Crippen LogP contribution in [0.15, 0.2) is 69.0 Å². The number of para-hydroxylation sites is 1. The average molecular weight is 436 g/mol. The van der Waals surface area contributed by atoms with Gasteiger partial charge < -0.3 is 0 Å². The van der Waals surface area contributed by atoms with Gasteiger partial charge in [-0.25, -0.2) is 5.43 Å². The Labute approximate surface area is 169 Å². The molecule has 0 unspecified atom stereocenters. The molecule has 28 heavy (non-hydrogen) atoms. The van der Waals surface area contributed by atoms with Crippen LogP contribution in [0.4, 0.5) is 0 Å². The molecule has 0 aliphatic carbocycles. The quantitative estimate of drug-likeness (QED) is 0.502. The fraction of sp³-hybridized carbons (Fsp3) is 0.0500. The molecule has 1 amide bonds. The Morgan fingerprint density at radius 1 is 1.21 bits per heavy atom. The molecule has 8 heteroatoms. The molecular weight excluding hydrogens is 422 g/mol. The van der Waals surface area contributed by atoms with E-state index < -0.39 is 11.5 Å². The smallest absolute Gasteiger partial charge is 0.266 e. The summed E-state index contributed by atoms with van der Waals surface area (Å²) in [6.45, 7) is 1.51. The number of hydrazone groups is 1. The van der Waals surface area contributed by atoms with E-state index in [2.05, 4.69) is 31.6 Å². The van der Waals surface area contributed by atoms with Gasteiger partial charge in [-0.15, -0.1) is 0 Å². The molecule has 0 atom stereocenters. The maximum absolute atomic E-state index is 12.6. The first kappa shape index (κ1) is 19.2. The Balaban J connectivity index is 1.94. The molecule has 1 heterocycles. The maximum Gasteiger partial charge on any atom is 0.292 e. The van der Waals surface area contributed by atoms with Crippen LogP contribution in [0.2, 0.25) is 0 Å². The number of benzene rings is 2. The van der Waals surface area contributed by atoms with E-state index in [1.165, 1.54) is 13.1 Å². The number of carbonyl (C=O) groups is 1. The van der Waals surface area contributed by atoms with Gasteiger partial charge in [0.25, 0.3) is 11.5 Å². The highest BCUT2D eigenvalue weighted by atomic mass is 79.9. The van der Waals surface area contributed by atoms with Crippen molar-refractivity contribution in [2.45, 2.75) is 6.92 Å². The van der Waals surface area contributed by atoms with Crippen molar-refractivity contribution in [3.8, 4) is 11.8 Å². The highest BCUT2D eigenvalue weighted by Gasteiger charge is 2.19. The van der Waals surface area contributed by atoms with Gasteiger partial charge in [-0.3, -0.25) is 9.59 Å². The van der Waals surface area contributed by atoms with E-state index in [1.54, 1.807) is 30.3 Å². The van der Waals surface area contributed by atoms with E-state index in [9.17, 15) is 14.9 Å². The number of carbonyl (C=O) groups excluding carboxylic acids is 1. The number of hydrogen-bond donors (Lipinski definition) is 1. The Hall–Kier alpha value is -3.57. The number of aromatic nitrogens is 2. The third-order valence-corrected chi connectivity index (χ3v) is 4.44. The predicted octanol–water partition coefficient (Wildman–Crippen LogP) is 2.94. The fourth-order valence-corrected chi connectivity index (χ4v) is 2.73. The van der Waals surface area contributed by atoms with Gasteiger partial charge >= 0.3 is 0 Å². The Bertz CT molecular complexity index is 1150. The van der Waals surface area contributed by atoms with Crippen molar-refractivity contribution in [3.63, 3.8) is 0 Å². The van der Waals surface area contributed by atoms with Crippen molar-refractivity contribution in [2.75, 3.05) is 0 Å². The minimum Gasteiger partial charge on any atom is -0.266 e. The number of rotatable bonds is 4. The fourth-order valence-electron chi connectivity index (χ4n) is 2.46. The van der Waals surface area contributed by atoms with Crippen molar-refractivity contribution in [1.82, 2.24) is 15.2 Å². The van der Waals surface area contributed by atoms with Crippen molar-refractivity contribution in [2.24, 2.45) is 5.10 Å². The molecule has 3 rings (SSSR count). The van der Waals surface area contributed by atoms with Crippen LogP contribution in [0.25, 0.3) is 5.69 Å². The van der Waals surface area contributed by atoms with Gasteiger partial charge in [-0.05, 0) is 36.8 Å². The first-order valence-corrected chi connectivity index (χ1v) is 8.99. The van der Waals surface area contributed by atoms with Gasteiger partial charge in [0.15, 0.2) is 5.69 Å². The molecule has 0 radical (unpaired) electrons. The van der Waals surface area contributed by atoms with Gasteiger partial charge in [-0.2, -0.15) is 20.1 Å². The van der Waals surface area contributed by atoms with Gasteiger partial charge in [0.2, 0.25) is 0 Å². The van der Waals surface area contributed by atoms with Gasteiger partial charge in [0, 0.05) is 10.0 Å². The molecule has 0 saturated heterocycles. The molecular formula is C20H14BrN5O2. The summed E-state index contributed by atoms with van der Waals surface area (Å²) >= 11 is 3.34. The molecule has 138 valence electrons. The van der Waals surface area contributed by atoms with Crippen LogP contribution in [0.3, 0.4) is 0 Å². The molecule has 1 N–H and O–H groups in total. The molecule has 7 nitrogen and oxygen atoms in total. The largest absolute Gasteiger partial charge is 0.292 e. The summed E-state index contributed by atoms with van der Waals surface area (Å²) in [6.07, 6.45) is 1.48.